The number of aromatic nitrogens is 1. The minimum absolute atomic E-state index is 0.0441. The maximum Gasteiger partial charge on any atom is 0.0837 e. The van der Waals surface area contributed by atoms with Crippen LogP contribution in [0.3, 0.4) is 0 Å². The van der Waals surface area contributed by atoms with Crippen LogP contribution in [0.4, 0.5) is 0 Å². The van der Waals surface area contributed by atoms with Crippen LogP contribution in [0.1, 0.15) is 50.8 Å². The quantitative estimate of drug-likeness (QED) is 0.872. The highest BCUT2D eigenvalue weighted by atomic mass is 16.5. The van der Waals surface area contributed by atoms with E-state index in [1.807, 2.05) is 20.4 Å². The summed E-state index contributed by atoms with van der Waals surface area (Å²) in [6.07, 6.45) is 8.85. The molecular formula is C18H30N2O. The highest BCUT2D eigenvalue weighted by Gasteiger charge is 2.41. The lowest BCUT2D eigenvalue weighted by molar-refractivity contribution is -0.0777. The monoisotopic (exact) mass is 290 g/mol. The van der Waals surface area contributed by atoms with E-state index in [9.17, 15) is 0 Å². The summed E-state index contributed by atoms with van der Waals surface area (Å²) in [7, 11) is 3.92. The largest absolute Gasteiger partial charge is 0.377 e. The van der Waals surface area contributed by atoms with Gasteiger partial charge in [-0.1, -0.05) is 32.8 Å². The summed E-state index contributed by atoms with van der Waals surface area (Å²) >= 11 is 0. The van der Waals surface area contributed by atoms with Crippen molar-refractivity contribution in [3.63, 3.8) is 0 Å². The zero-order chi connectivity index (χ0) is 15.3. The molecule has 3 heteroatoms. The number of likely N-dealkylation sites (N-methyl/N-ethyl adjacent to an activating group) is 1. The number of methoxy groups -OCH3 is 1. The van der Waals surface area contributed by atoms with E-state index in [1.165, 1.54) is 18.4 Å². The number of ether oxygens (including phenoxy) is 1. The molecule has 0 amide bonds. The number of hydrogen-bond acceptors (Lipinski definition) is 3. The third-order valence-electron chi connectivity index (χ3n) is 5.09. The van der Waals surface area contributed by atoms with E-state index in [4.69, 9.17) is 4.74 Å². The Morgan fingerprint density at radius 3 is 2.81 bits per heavy atom. The van der Waals surface area contributed by atoms with Gasteiger partial charge >= 0.3 is 0 Å². The predicted molar refractivity (Wildman–Crippen MR) is 87.5 cm³/mol. The first kappa shape index (κ1) is 16.4. The van der Waals surface area contributed by atoms with Gasteiger partial charge in [0.2, 0.25) is 0 Å². The first-order chi connectivity index (χ1) is 10.1. The molecule has 118 valence electrons. The fraction of sp³-hybridized carbons (Fsp3) is 0.722. The Hall–Kier alpha value is -0.930. The topological polar surface area (TPSA) is 34.1 Å². The van der Waals surface area contributed by atoms with E-state index in [0.29, 0.717) is 6.04 Å². The Morgan fingerprint density at radius 1 is 1.48 bits per heavy atom. The fourth-order valence-corrected chi connectivity index (χ4v) is 3.73. The molecule has 0 spiro atoms. The van der Waals surface area contributed by atoms with E-state index in [-0.39, 0.29) is 5.60 Å². The lowest BCUT2D eigenvalue weighted by Gasteiger charge is -2.44. The highest BCUT2D eigenvalue weighted by molar-refractivity contribution is 5.16. The third kappa shape index (κ3) is 3.83. The van der Waals surface area contributed by atoms with E-state index in [1.54, 1.807) is 0 Å². The zero-order valence-corrected chi connectivity index (χ0v) is 14.0. The van der Waals surface area contributed by atoms with Crippen LogP contribution in [0.5, 0.6) is 0 Å². The van der Waals surface area contributed by atoms with E-state index in [2.05, 4.69) is 36.3 Å². The molecule has 3 nitrogen and oxygen atoms in total. The van der Waals surface area contributed by atoms with Gasteiger partial charge in [-0.15, -0.1) is 0 Å². The summed E-state index contributed by atoms with van der Waals surface area (Å²) in [5.41, 5.74) is 2.41. The number of hydrogen-bond donors (Lipinski definition) is 1. The molecule has 1 aliphatic carbocycles. The summed E-state index contributed by atoms with van der Waals surface area (Å²) in [6.45, 7) is 4.50. The summed E-state index contributed by atoms with van der Waals surface area (Å²) in [4.78, 5) is 4.62. The van der Waals surface area contributed by atoms with Gasteiger partial charge in [0.05, 0.1) is 5.60 Å². The standard InChI is InChI=1S/C18H30N2O/c1-5-15-8-9-16(20-13-15)11-17(19-3)18(21-4)10-6-7-14(2)12-18/h8-9,13-14,17,19H,5-7,10-12H2,1-4H3. The van der Waals surface area contributed by atoms with Gasteiger partial charge in [0, 0.05) is 31.5 Å². The summed E-state index contributed by atoms with van der Waals surface area (Å²) < 4.78 is 6.03. The third-order valence-corrected chi connectivity index (χ3v) is 5.09. The number of aryl methyl sites for hydroxylation is 1. The second kappa shape index (κ2) is 7.37. The van der Waals surface area contributed by atoms with Crippen molar-refractivity contribution in [2.24, 2.45) is 5.92 Å². The van der Waals surface area contributed by atoms with Gasteiger partial charge in [0.25, 0.3) is 0 Å². The molecule has 1 heterocycles. The smallest absolute Gasteiger partial charge is 0.0837 e. The molecule has 1 aromatic rings. The van der Waals surface area contributed by atoms with Crippen molar-refractivity contribution in [2.75, 3.05) is 14.2 Å². The van der Waals surface area contributed by atoms with E-state index < -0.39 is 0 Å². The van der Waals surface area contributed by atoms with Gasteiger partial charge in [-0.3, -0.25) is 4.98 Å². The van der Waals surface area contributed by atoms with E-state index >= 15 is 0 Å². The van der Waals surface area contributed by atoms with E-state index in [0.717, 1.165) is 37.3 Å². The Morgan fingerprint density at radius 2 is 2.29 bits per heavy atom. The molecule has 1 saturated carbocycles. The second-order valence-corrected chi connectivity index (χ2v) is 6.53. The maximum absolute atomic E-state index is 6.03. The van der Waals surface area contributed by atoms with Crippen LogP contribution < -0.4 is 5.32 Å². The number of pyridine rings is 1. The molecule has 2 rings (SSSR count). The van der Waals surface area contributed by atoms with Crippen molar-refractivity contribution < 1.29 is 4.74 Å². The van der Waals surface area contributed by atoms with Gasteiger partial charge in [-0.2, -0.15) is 0 Å². The lowest BCUT2D eigenvalue weighted by atomic mass is 9.73. The maximum atomic E-state index is 6.03. The van der Waals surface area contributed by atoms with Gasteiger partial charge in [-0.25, -0.2) is 0 Å². The average Bonchev–Trinajstić information content (AvgIpc) is 2.53. The fourth-order valence-electron chi connectivity index (χ4n) is 3.73. The normalized spacial score (nSPS) is 27.5. The first-order valence-corrected chi connectivity index (χ1v) is 8.29. The van der Waals surface area contributed by atoms with Crippen LogP contribution in [-0.2, 0) is 17.6 Å². The Balaban J connectivity index is 2.12. The van der Waals surface area contributed by atoms with Crippen LogP contribution in [0.2, 0.25) is 0 Å². The van der Waals surface area contributed by atoms with Crippen LogP contribution in [0, 0.1) is 5.92 Å². The SMILES string of the molecule is CCc1ccc(CC(NC)C2(OC)CCCC(C)C2)nc1. The second-order valence-electron chi connectivity index (χ2n) is 6.53. The number of rotatable bonds is 6. The van der Waals surface area contributed by atoms with Crippen molar-refractivity contribution in [3.8, 4) is 0 Å². The van der Waals surface area contributed by atoms with Crippen molar-refractivity contribution in [1.82, 2.24) is 10.3 Å². The molecule has 0 aliphatic heterocycles. The highest BCUT2D eigenvalue weighted by Crippen LogP contribution is 2.38. The summed E-state index contributed by atoms with van der Waals surface area (Å²) in [5.74, 6) is 0.741. The summed E-state index contributed by atoms with van der Waals surface area (Å²) in [5, 5.41) is 3.50. The minimum Gasteiger partial charge on any atom is -0.377 e. The Labute approximate surface area is 129 Å². The zero-order valence-electron chi connectivity index (χ0n) is 14.0. The van der Waals surface area contributed by atoms with Gasteiger partial charge in [0.1, 0.15) is 0 Å². The molecule has 0 saturated heterocycles. The lowest BCUT2D eigenvalue weighted by Crippen LogP contribution is -2.54. The molecule has 3 atom stereocenters. The molecule has 1 fully saturated rings. The van der Waals surface area contributed by atoms with Gasteiger partial charge < -0.3 is 10.1 Å². The van der Waals surface area contributed by atoms with Crippen molar-refractivity contribution >= 4 is 0 Å². The van der Waals surface area contributed by atoms with Crippen LogP contribution in [0.15, 0.2) is 18.3 Å². The summed E-state index contributed by atoms with van der Waals surface area (Å²) in [6, 6.07) is 4.68. The number of nitrogens with one attached hydrogen (secondary N) is 1. The molecule has 1 aromatic heterocycles. The Bertz CT molecular complexity index is 431. The molecule has 0 radical (unpaired) electrons. The average molecular weight is 290 g/mol. The van der Waals surface area contributed by atoms with Gasteiger partial charge in [0.15, 0.2) is 0 Å². The van der Waals surface area contributed by atoms with Crippen LogP contribution in [0.25, 0.3) is 0 Å². The molecule has 3 unspecified atom stereocenters. The number of nitrogens with zero attached hydrogens (tertiary/aromatic N) is 1. The Kier molecular flexibility index (Phi) is 5.77. The van der Waals surface area contributed by atoms with Crippen molar-refractivity contribution in [1.29, 1.82) is 0 Å². The van der Waals surface area contributed by atoms with Crippen LogP contribution in [-0.4, -0.2) is 30.8 Å². The van der Waals surface area contributed by atoms with Crippen molar-refractivity contribution in [2.45, 2.75) is 64.0 Å². The molecule has 1 N–H and O–H groups in total. The van der Waals surface area contributed by atoms with Crippen LogP contribution >= 0.6 is 0 Å². The molecule has 1 aliphatic rings. The predicted octanol–water partition coefficient (Wildman–Crippen LogP) is 3.37. The minimum atomic E-state index is -0.0441. The molecular weight excluding hydrogens is 260 g/mol. The van der Waals surface area contributed by atoms with Crippen molar-refractivity contribution in [3.05, 3.63) is 29.6 Å². The molecule has 0 aromatic carbocycles. The van der Waals surface area contributed by atoms with Gasteiger partial charge in [-0.05, 0) is 43.9 Å². The molecule has 0 bridgehead atoms. The first-order valence-electron chi connectivity index (χ1n) is 8.29. The molecule has 21 heavy (non-hydrogen) atoms.